The van der Waals surface area contributed by atoms with Crippen LogP contribution in [0.4, 0.5) is 0 Å². The number of pyridine rings is 1. The van der Waals surface area contributed by atoms with Crippen LogP contribution in [0.25, 0.3) is 0 Å². The molecular weight excluding hydrogens is 398 g/mol. The van der Waals surface area contributed by atoms with Crippen LogP contribution in [0.5, 0.6) is 0 Å². The molecule has 166 valence electrons. The van der Waals surface area contributed by atoms with Gasteiger partial charge in [0.1, 0.15) is 0 Å². The van der Waals surface area contributed by atoms with Gasteiger partial charge in [-0.1, -0.05) is 66.7 Å². The van der Waals surface area contributed by atoms with Crippen LogP contribution in [0.15, 0.2) is 85.1 Å². The molecule has 5 heteroatoms. The summed E-state index contributed by atoms with van der Waals surface area (Å²) in [6, 6.07) is 26.1. The molecule has 0 N–H and O–H groups in total. The van der Waals surface area contributed by atoms with E-state index in [9.17, 15) is 4.79 Å². The fraction of sp³-hybridized carbons (Fsp3) is 0.333. The molecule has 0 aliphatic carbocycles. The standard InChI is InChI=1S/C27H31N3O2/c31-27(26(23-10-3-1-4-11-23)24-12-5-2-6-13-24)30-19-17-29(18-20-30)16-9-21-32-22-25-14-7-8-15-28-25/h1-8,10-15,26H,9,16-22H2. The molecule has 1 saturated heterocycles. The van der Waals surface area contributed by atoms with Gasteiger partial charge in [0.15, 0.2) is 0 Å². The molecule has 0 bridgehead atoms. The Labute approximate surface area is 190 Å². The number of nitrogens with zero attached hydrogens (tertiary/aromatic N) is 3. The van der Waals surface area contributed by atoms with Crippen LogP contribution >= 0.6 is 0 Å². The van der Waals surface area contributed by atoms with Gasteiger partial charge in [0.25, 0.3) is 0 Å². The minimum atomic E-state index is -0.246. The van der Waals surface area contributed by atoms with E-state index in [1.165, 1.54) is 0 Å². The van der Waals surface area contributed by atoms with Crippen LogP contribution in [0.2, 0.25) is 0 Å². The minimum Gasteiger partial charge on any atom is -0.375 e. The first-order valence-corrected chi connectivity index (χ1v) is 11.4. The maximum atomic E-state index is 13.5. The minimum absolute atomic E-state index is 0.195. The largest absolute Gasteiger partial charge is 0.375 e. The maximum absolute atomic E-state index is 13.5. The summed E-state index contributed by atoms with van der Waals surface area (Å²) in [5.41, 5.74) is 3.07. The summed E-state index contributed by atoms with van der Waals surface area (Å²) in [5, 5.41) is 0. The molecule has 1 fully saturated rings. The second-order valence-corrected chi connectivity index (χ2v) is 8.15. The third-order valence-electron chi connectivity index (χ3n) is 5.94. The zero-order valence-electron chi connectivity index (χ0n) is 18.5. The highest BCUT2D eigenvalue weighted by molar-refractivity contribution is 5.87. The van der Waals surface area contributed by atoms with Crippen molar-refractivity contribution in [1.29, 1.82) is 0 Å². The monoisotopic (exact) mass is 429 g/mol. The van der Waals surface area contributed by atoms with Crippen molar-refractivity contribution in [3.63, 3.8) is 0 Å². The molecule has 5 nitrogen and oxygen atoms in total. The van der Waals surface area contributed by atoms with Crippen LogP contribution in [0.1, 0.15) is 29.2 Å². The number of ether oxygens (including phenoxy) is 1. The SMILES string of the molecule is O=C(C(c1ccccc1)c1ccccc1)N1CCN(CCCOCc2ccccn2)CC1. The summed E-state index contributed by atoms with van der Waals surface area (Å²) in [6.07, 6.45) is 2.77. The van der Waals surface area contributed by atoms with Crippen molar-refractivity contribution < 1.29 is 9.53 Å². The second-order valence-electron chi connectivity index (χ2n) is 8.15. The molecule has 1 aromatic heterocycles. The Morgan fingerprint density at radius 2 is 1.47 bits per heavy atom. The van der Waals surface area contributed by atoms with E-state index in [4.69, 9.17) is 4.74 Å². The maximum Gasteiger partial charge on any atom is 0.234 e. The number of amides is 1. The number of piperazine rings is 1. The Morgan fingerprint density at radius 1 is 0.844 bits per heavy atom. The van der Waals surface area contributed by atoms with E-state index in [1.807, 2.05) is 59.5 Å². The Bertz CT molecular complexity index is 903. The van der Waals surface area contributed by atoms with Crippen LogP contribution < -0.4 is 0 Å². The molecule has 1 aliphatic heterocycles. The average molecular weight is 430 g/mol. The Hall–Kier alpha value is -3.02. The van der Waals surface area contributed by atoms with Crippen molar-refractivity contribution in [3.05, 3.63) is 102 Å². The third-order valence-corrected chi connectivity index (χ3v) is 5.94. The smallest absolute Gasteiger partial charge is 0.234 e. The first-order valence-electron chi connectivity index (χ1n) is 11.4. The third kappa shape index (κ3) is 6.02. The van der Waals surface area contributed by atoms with E-state index in [0.29, 0.717) is 6.61 Å². The number of carbonyl (C=O) groups is 1. The number of hydrogen-bond acceptors (Lipinski definition) is 4. The lowest BCUT2D eigenvalue weighted by Crippen LogP contribution is -2.50. The summed E-state index contributed by atoms with van der Waals surface area (Å²) in [7, 11) is 0. The molecule has 0 unspecified atom stereocenters. The summed E-state index contributed by atoms with van der Waals surface area (Å²) < 4.78 is 5.75. The summed E-state index contributed by atoms with van der Waals surface area (Å²) in [5.74, 6) is -0.0512. The van der Waals surface area contributed by atoms with Crippen molar-refractivity contribution >= 4 is 5.91 Å². The van der Waals surface area contributed by atoms with Crippen LogP contribution in [0, 0.1) is 0 Å². The number of hydrogen-bond donors (Lipinski definition) is 0. The highest BCUT2D eigenvalue weighted by atomic mass is 16.5. The summed E-state index contributed by atoms with van der Waals surface area (Å²) >= 11 is 0. The van der Waals surface area contributed by atoms with E-state index in [1.54, 1.807) is 6.20 Å². The van der Waals surface area contributed by atoms with Gasteiger partial charge in [0.05, 0.1) is 18.2 Å². The topological polar surface area (TPSA) is 45.7 Å². The zero-order valence-corrected chi connectivity index (χ0v) is 18.5. The predicted molar refractivity (Wildman–Crippen MR) is 126 cm³/mol. The zero-order chi connectivity index (χ0) is 22.0. The lowest BCUT2D eigenvalue weighted by molar-refractivity contribution is -0.133. The molecule has 0 saturated carbocycles. The van der Waals surface area contributed by atoms with Crippen molar-refractivity contribution in [2.24, 2.45) is 0 Å². The van der Waals surface area contributed by atoms with Gasteiger partial charge in [0.2, 0.25) is 5.91 Å². The van der Waals surface area contributed by atoms with Crippen LogP contribution in [0.3, 0.4) is 0 Å². The summed E-state index contributed by atoms with van der Waals surface area (Å²) in [6.45, 7) is 5.62. The van der Waals surface area contributed by atoms with Gasteiger partial charge in [-0.05, 0) is 29.7 Å². The molecule has 0 radical (unpaired) electrons. The molecule has 1 aliphatic rings. The van der Waals surface area contributed by atoms with Gasteiger partial charge < -0.3 is 9.64 Å². The van der Waals surface area contributed by atoms with E-state index in [0.717, 1.165) is 62.6 Å². The summed E-state index contributed by atoms with van der Waals surface area (Å²) in [4.78, 5) is 22.2. The van der Waals surface area contributed by atoms with Crippen molar-refractivity contribution in [3.8, 4) is 0 Å². The highest BCUT2D eigenvalue weighted by Gasteiger charge is 2.29. The average Bonchev–Trinajstić information content (AvgIpc) is 2.86. The number of rotatable bonds is 9. The predicted octanol–water partition coefficient (Wildman–Crippen LogP) is 3.96. The lowest BCUT2D eigenvalue weighted by atomic mass is 9.90. The van der Waals surface area contributed by atoms with Crippen molar-refractivity contribution in [2.75, 3.05) is 39.3 Å². The van der Waals surface area contributed by atoms with Crippen LogP contribution in [-0.4, -0.2) is 60.0 Å². The van der Waals surface area contributed by atoms with Gasteiger partial charge >= 0.3 is 0 Å². The first kappa shape index (κ1) is 22.2. The molecule has 0 spiro atoms. The molecule has 2 heterocycles. The second kappa shape index (κ2) is 11.6. The van der Waals surface area contributed by atoms with Gasteiger partial charge in [-0.25, -0.2) is 0 Å². The molecule has 1 amide bonds. The molecule has 32 heavy (non-hydrogen) atoms. The number of carbonyl (C=O) groups excluding carboxylic acids is 1. The van der Waals surface area contributed by atoms with Crippen LogP contribution in [-0.2, 0) is 16.1 Å². The quantitative estimate of drug-likeness (QED) is 0.483. The molecule has 4 rings (SSSR count). The van der Waals surface area contributed by atoms with Crippen molar-refractivity contribution in [1.82, 2.24) is 14.8 Å². The van der Waals surface area contributed by atoms with Gasteiger partial charge in [-0.3, -0.25) is 14.7 Å². The Balaban J connectivity index is 1.26. The van der Waals surface area contributed by atoms with E-state index < -0.39 is 0 Å². The Kier molecular flexibility index (Phi) is 8.01. The van der Waals surface area contributed by atoms with E-state index >= 15 is 0 Å². The first-order chi connectivity index (χ1) is 15.8. The molecular formula is C27H31N3O2. The fourth-order valence-corrected chi connectivity index (χ4v) is 4.19. The highest BCUT2D eigenvalue weighted by Crippen LogP contribution is 2.27. The normalized spacial score (nSPS) is 14.6. The van der Waals surface area contributed by atoms with E-state index in [-0.39, 0.29) is 11.8 Å². The van der Waals surface area contributed by atoms with Gasteiger partial charge in [0, 0.05) is 45.5 Å². The van der Waals surface area contributed by atoms with E-state index in [2.05, 4.69) is 34.1 Å². The van der Waals surface area contributed by atoms with Crippen molar-refractivity contribution in [2.45, 2.75) is 18.9 Å². The molecule has 0 atom stereocenters. The Morgan fingerprint density at radius 3 is 2.06 bits per heavy atom. The van der Waals surface area contributed by atoms with Gasteiger partial charge in [-0.15, -0.1) is 0 Å². The van der Waals surface area contributed by atoms with Gasteiger partial charge in [-0.2, -0.15) is 0 Å². The fourth-order valence-electron chi connectivity index (χ4n) is 4.19. The number of benzene rings is 2. The lowest BCUT2D eigenvalue weighted by Gasteiger charge is -2.36. The molecule has 3 aromatic rings. The number of aromatic nitrogens is 1. The molecule has 2 aromatic carbocycles.